The van der Waals surface area contributed by atoms with Gasteiger partial charge in [0.2, 0.25) is 5.91 Å². The Morgan fingerprint density at radius 2 is 2.22 bits per heavy atom. The number of rotatable bonds is 4. The number of hydrogen-bond donors (Lipinski definition) is 1. The van der Waals surface area contributed by atoms with Gasteiger partial charge in [-0.25, -0.2) is 5.43 Å². The maximum Gasteiger partial charge on any atom is 0.270 e. The van der Waals surface area contributed by atoms with Crippen LogP contribution in [0.5, 0.6) is 0 Å². The number of benzene rings is 1. The first kappa shape index (κ1) is 12.2. The molecule has 0 saturated heterocycles. The van der Waals surface area contributed by atoms with Crippen LogP contribution >= 0.6 is 0 Å². The minimum Gasteiger partial charge on any atom is -0.273 e. The summed E-state index contributed by atoms with van der Waals surface area (Å²) in [5.41, 5.74) is 3.65. The number of non-ortho nitro benzene ring substituents is 1. The molecule has 0 bridgehead atoms. The van der Waals surface area contributed by atoms with E-state index in [0.29, 0.717) is 11.3 Å². The van der Waals surface area contributed by atoms with E-state index < -0.39 is 4.92 Å². The highest BCUT2D eigenvalue weighted by atomic mass is 16.6. The molecule has 94 valence electrons. The topological polar surface area (TPSA) is 84.6 Å². The summed E-state index contributed by atoms with van der Waals surface area (Å²) in [4.78, 5) is 21.6. The van der Waals surface area contributed by atoms with Crippen molar-refractivity contribution < 1.29 is 9.72 Å². The Morgan fingerprint density at radius 1 is 1.50 bits per heavy atom. The van der Waals surface area contributed by atoms with Gasteiger partial charge in [-0.3, -0.25) is 14.9 Å². The molecule has 0 radical (unpaired) electrons. The molecule has 1 aromatic carbocycles. The van der Waals surface area contributed by atoms with E-state index in [-0.39, 0.29) is 17.5 Å². The maximum absolute atomic E-state index is 11.4. The largest absolute Gasteiger partial charge is 0.273 e. The van der Waals surface area contributed by atoms with Gasteiger partial charge in [0.15, 0.2) is 0 Å². The van der Waals surface area contributed by atoms with Gasteiger partial charge in [0, 0.05) is 23.6 Å². The molecule has 2 rings (SSSR count). The average Bonchev–Trinajstić information content (AvgIpc) is 3.20. The Kier molecular flexibility index (Phi) is 3.36. The highest BCUT2D eigenvalue weighted by molar-refractivity contribution is 5.99. The monoisotopic (exact) mass is 247 g/mol. The highest BCUT2D eigenvalue weighted by Crippen LogP contribution is 2.28. The van der Waals surface area contributed by atoms with E-state index in [1.165, 1.54) is 12.1 Å². The number of nitro groups is 1. The lowest BCUT2D eigenvalue weighted by molar-refractivity contribution is -0.384. The van der Waals surface area contributed by atoms with Crippen LogP contribution in [0.4, 0.5) is 5.69 Å². The predicted octanol–water partition coefficient (Wildman–Crippen LogP) is 1.84. The number of nitro benzene ring substituents is 1. The lowest BCUT2D eigenvalue weighted by atomic mass is 10.1. The molecule has 0 unspecified atom stereocenters. The van der Waals surface area contributed by atoms with Crippen LogP contribution in [-0.4, -0.2) is 16.5 Å². The van der Waals surface area contributed by atoms with Crippen LogP contribution in [0.3, 0.4) is 0 Å². The fraction of sp³-hybridized carbons (Fsp3) is 0.333. The van der Waals surface area contributed by atoms with Crippen molar-refractivity contribution in [1.82, 2.24) is 5.43 Å². The second-order valence-electron chi connectivity index (χ2n) is 4.25. The van der Waals surface area contributed by atoms with E-state index in [1.54, 1.807) is 19.1 Å². The summed E-state index contributed by atoms with van der Waals surface area (Å²) in [5.74, 6) is 0.00596. The van der Waals surface area contributed by atoms with Crippen LogP contribution in [0.1, 0.15) is 25.3 Å². The Hall–Kier alpha value is -2.24. The van der Waals surface area contributed by atoms with Crippen molar-refractivity contribution in [3.63, 3.8) is 0 Å². The van der Waals surface area contributed by atoms with Crippen LogP contribution in [0.2, 0.25) is 0 Å². The minimum atomic E-state index is -0.459. The number of nitrogens with one attached hydrogen (secondary N) is 1. The van der Waals surface area contributed by atoms with Crippen LogP contribution in [0.15, 0.2) is 29.4 Å². The first-order chi connectivity index (χ1) is 8.58. The van der Waals surface area contributed by atoms with E-state index in [0.717, 1.165) is 12.8 Å². The molecule has 0 heterocycles. The average molecular weight is 247 g/mol. The van der Waals surface area contributed by atoms with Crippen molar-refractivity contribution in [2.24, 2.45) is 11.0 Å². The minimum absolute atomic E-state index is 0.00979. The summed E-state index contributed by atoms with van der Waals surface area (Å²) in [6.45, 7) is 1.70. The van der Waals surface area contributed by atoms with Crippen molar-refractivity contribution in [3.05, 3.63) is 39.9 Å². The Labute approximate surface area is 104 Å². The van der Waals surface area contributed by atoms with Gasteiger partial charge in [-0.05, 0) is 19.8 Å². The molecular weight excluding hydrogens is 234 g/mol. The van der Waals surface area contributed by atoms with Crippen LogP contribution in [-0.2, 0) is 4.79 Å². The molecule has 1 fully saturated rings. The molecule has 1 aromatic rings. The molecule has 6 heteroatoms. The molecule has 0 aromatic heterocycles. The number of hydrogen-bond acceptors (Lipinski definition) is 4. The first-order valence-corrected chi connectivity index (χ1v) is 5.67. The highest BCUT2D eigenvalue weighted by Gasteiger charge is 2.29. The van der Waals surface area contributed by atoms with Gasteiger partial charge in [0.05, 0.1) is 10.6 Å². The summed E-state index contributed by atoms with van der Waals surface area (Å²) in [5, 5.41) is 14.6. The smallest absolute Gasteiger partial charge is 0.270 e. The summed E-state index contributed by atoms with van der Waals surface area (Å²) in [6, 6.07) is 6.16. The summed E-state index contributed by atoms with van der Waals surface area (Å²) in [6.07, 6.45) is 1.83. The lowest BCUT2D eigenvalue weighted by Crippen LogP contribution is -2.20. The van der Waals surface area contributed by atoms with Gasteiger partial charge in [-0.2, -0.15) is 5.10 Å². The van der Waals surface area contributed by atoms with Crippen LogP contribution in [0, 0.1) is 16.0 Å². The first-order valence-electron chi connectivity index (χ1n) is 5.67. The molecule has 0 spiro atoms. The molecule has 6 nitrogen and oxygen atoms in total. The third-order valence-corrected chi connectivity index (χ3v) is 2.76. The van der Waals surface area contributed by atoms with E-state index in [2.05, 4.69) is 10.5 Å². The molecular formula is C12H13N3O3. The zero-order chi connectivity index (χ0) is 13.1. The van der Waals surface area contributed by atoms with Crippen molar-refractivity contribution in [2.75, 3.05) is 0 Å². The Balaban J connectivity index is 2.09. The third-order valence-electron chi connectivity index (χ3n) is 2.76. The van der Waals surface area contributed by atoms with E-state index in [4.69, 9.17) is 0 Å². The van der Waals surface area contributed by atoms with Gasteiger partial charge >= 0.3 is 0 Å². The number of carbonyl (C=O) groups is 1. The fourth-order valence-corrected chi connectivity index (χ4v) is 1.48. The standard InChI is InChI=1S/C12H13N3O3/c1-8(13-14-12(16)9-5-6-9)10-3-2-4-11(7-10)15(17)18/h2-4,7,9H,5-6H2,1H3,(H,14,16)/b13-8-. The second kappa shape index (κ2) is 4.95. The zero-order valence-electron chi connectivity index (χ0n) is 9.92. The molecule has 1 amide bonds. The fourth-order valence-electron chi connectivity index (χ4n) is 1.48. The SMILES string of the molecule is C/C(=N/NC(=O)C1CC1)c1cccc([N+](=O)[O-])c1. The normalized spacial score (nSPS) is 15.3. The quantitative estimate of drug-likeness (QED) is 0.500. The van der Waals surface area contributed by atoms with Crippen molar-refractivity contribution in [1.29, 1.82) is 0 Å². The summed E-state index contributed by atoms with van der Waals surface area (Å²) >= 11 is 0. The van der Waals surface area contributed by atoms with Crippen LogP contribution < -0.4 is 5.43 Å². The Bertz CT molecular complexity index is 521. The lowest BCUT2D eigenvalue weighted by Gasteiger charge is -2.02. The van der Waals surface area contributed by atoms with Gasteiger partial charge in [-0.1, -0.05) is 12.1 Å². The van der Waals surface area contributed by atoms with Gasteiger partial charge in [-0.15, -0.1) is 0 Å². The van der Waals surface area contributed by atoms with Gasteiger partial charge < -0.3 is 0 Å². The maximum atomic E-state index is 11.4. The van der Waals surface area contributed by atoms with Crippen molar-refractivity contribution >= 4 is 17.3 Å². The predicted molar refractivity (Wildman–Crippen MR) is 66.2 cm³/mol. The molecule has 1 saturated carbocycles. The van der Waals surface area contributed by atoms with E-state index >= 15 is 0 Å². The summed E-state index contributed by atoms with van der Waals surface area (Å²) < 4.78 is 0. The molecule has 0 atom stereocenters. The van der Waals surface area contributed by atoms with Crippen LogP contribution in [0.25, 0.3) is 0 Å². The molecule has 18 heavy (non-hydrogen) atoms. The number of carbonyl (C=O) groups excluding carboxylic acids is 1. The molecule has 1 aliphatic rings. The molecule has 1 aliphatic carbocycles. The number of hydrazone groups is 1. The zero-order valence-corrected chi connectivity index (χ0v) is 9.92. The number of amides is 1. The Morgan fingerprint density at radius 3 is 2.83 bits per heavy atom. The summed E-state index contributed by atoms with van der Waals surface area (Å²) in [7, 11) is 0. The second-order valence-corrected chi connectivity index (χ2v) is 4.25. The van der Waals surface area contributed by atoms with Crippen molar-refractivity contribution in [2.45, 2.75) is 19.8 Å². The van der Waals surface area contributed by atoms with Gasteiger partial charge in [0.1, 0.15) is 0 Å². The van der Waals surface area contributed by atoms with E-state index in [9.17, 15) is 14.9 Å². The van der Waals surface area contributed by atoms with Gasteiger partial charge in [0.25, 0.3) is 5.69 Å². The molecule has 1 N–H and O–H groups in total. The third kappa shape index (κ3) is 2.91. The van der Waals surface area contributed by atoms with E-state index in [1.807, 2.05) is 0 Å². The number of nitrogens with zero attached hydrogens (tertiary/aromatic N) is 2. The van der Waals surface area contributed by atoms with Crippen molar-refractivity contribution in [3.8, 4) is 0 Å². The molecule has 0 aliphatic heterocycles.